The molecule has 0 heterocycles. The maximum Gasteiger partial charge on any atom is 0.228 e. The number of amides is 1. The number of hydrogen-bond donors (Lipinski definition) is 2. The summed E-state index contributed by atoms with van der Waals surface area (Å²) in [6, 6.07) is 13.2. The third-order valence-corrected chi connectivity index (χ3v) is 3.37. The number of rotatable bonds is 3. The van der Waals surface area contributed by atoms with Gasteiger partial charge in [-0.3, -0.25) is 4.79 Å². The molecule has 0 saturated carbocycles. The topological polar surface area (TPSA) is 55.1 Å². The van der Waals surface area contributed by atoms with Gasteiger partial charge in [-0.1, -0.05) is 18.2 Å². The van der Waals surface area contributed by atoms with Crippen LogP contribution in [-0.2, 0) is 11.2 Å². The largest absolute Gasteiger partial charge is 0.399 e. The zero-order valence-electron chi connectivity index (χ0n) is 10.6. The van der Waals surface area contributed by atoms with Crippen molar-refractivity contribution in [1.82, 2.24) is 0 Å². The van der Waals surface area contributed by atoms with E-state index < -0.39 is 0 Å². The molecule has 98 valence electrons. The van der Waals surface area contributed by atoms with Gasteiger partial charge in [0.15, 0.2) is 0 Å². The van der Waals surface area contributed by atoms with Gasteiger partial charge in [0.2, 0.25) is 5.91 Å². The molecule has 2 aromatic carbocycles. The number of aryl methyl sites for hydroxylation is 1. The van der Waals surface area contributed by atoms with Gasteiger partial charge in [0.25, 0.3) is 0 Å². The summed E-state index contributed by atoms with van der Waals surface area (Å²) in [5.41, 5.74) is 9.18. The molecule has 19 heavy (non-hydrogen) atoms. The number of carbonyl (C=O) groups is 1. The van der Waals surface area contributed by atoms with Crippen LogP contribution in [0, 0.1) is 6.92 Å². The molecular weight excluding hydrogens is 304 g/mol. The van der Waals surface area contributed by atoms with Crippen molar-refractivity contribution in [3.63, 3.8) is 0 Å². The zero-order chi connectivity index (χ0) is 13.8. The number of carbonyl (C=O) groups excluding carboxylic acids is 1. The van der Waals surface area contributed by atoms with Crippen LogP contribution in [0.2, 0.25) is 0 Å². The second kappa shape index (κ2) is 5.89. The first kappa shape index (κ1) is 13.6. The maximum atomic E-state index is 12.0. The minimum Gasteiger partial charge on any atom is -0.399 e. The second-order valence-corrected chi connectivity index (χ2v) is 5.31. The van der Waals surface area contributed by atoms with Gasteiger partial charge in [-0.05, 0) is 58.2 Å². The summed E-state index contributed by atoms with van der Waals surface area (Å²) < 4.78 is 0.883. The van der Waals surface area contributed by atoms with Gasteiger partial charge >= 0.3 is 0 Å². The van der Waals surface area contributed by atoms with Crippen molar-refractivity contribution < 1.29 is 4.79 Å². The molecule has 3 N–H and O–H groups in total. The Kier molecular flexibility index (Phi) is 4.22. The van der Waals surface area contributed by atoms with Crippen LogP contribution >= 0.6 is 15.9 Å². The molecule has 0 fully saturated rings. The molecule has 0 aliphatic carbocycles. The number of benzene rings is 2. The molecule has 0 aliphatic heterocycles. The number of nitrogens with two attached hydrogens (primary N) is 1. The lowest BCUT2D eigenvalue weighted by Crippen LogP contribution is -2.14. The lowest BCUT2D eigenvalue weighted by molar-refractivity contribution is -0.115. The molecule has 3 nitrogen and oxygen atoms in total. The standard InChI is InChI=1S/C15H15BrN2O/c1-10-5-6-14(13(16)7-10)18-15(19)9-11-3-2-4-12(17)8-11/h2-8H,9,17H2,1H3,(H,18,19). The molecule has 0 aromatic heterocycles. The van der Waals surface area contributed by atoms with E-state index in [0.29, 0.717) is 12.1 Å². The molecule has 0 aliphatic rings. The van der Waals surface area contributed by atoms with Crippen LogP contribution in [0.15, 0.2) is 46.9 Å². The van der Waals surface area contributed by atoms with E-state index in [9.17, 15) is 4.79 Å². The number of nitrogens with one attached hydrogen (secondary N) is 1. The Labute approximate surface area is 121 Å². The third kappa shape index (κ3) is 3.83. The van der Waals surface area contributed by atoms with Crippen molar-refractivity contribution in [2.24, 2.45) is 0 Å². The van der Waals surface area contributed by atoms with Crippen molar-refractivity contribution in [2.75, 3.05) is 11.1 Å². The van der Waals surface area contributed by atoms with E-state index in [1.54, 1.807) is 6.07 Å². The highest BCUT2D eigenvalue weighted by molar-refractivity contribution is 9.10. The average Bonchev–Trinajstić information content (AvgIpc) is 2.33. The second-order valence-electron chi connectivity index (χ2n) is 4.45. The summed E-state index contributed by atoms with van der Waals surface area (Å²) in [6.45, 7) is 2.00. The van der Waals surface area contributed by atoms with Gasteiger partial charge in [0.05, 0.1) is 12.1 Å². The minimum atomic E-state index is -0.0600. The number of anilines is 2. The maximum absolute atomic E-state index is 12.0. The molecule has 0 bridgehead atoms. The van der Waals surface area contributed by atoms with Crippen LogP contribution in [0.25, 0.3) is 0 Å². The number of halogens is 1. The first-order valence-electron chi connectivity index (χ1n) is 5.95. The van der Waals surface area contributed by atoms with Crippen molar-refractivity contribution >= 4 is 33.2 Å². The predicted octanol–water partition coefficient (Wildman–Crippen LogP) is 3.52. The van der Waals surface area contributed by atoms with Crippen LogP contribution in [0.3, 0.4) is 0 Å². The molecule has 0 radical (unpaired) electrons. The zero-order valence-corrected chi connectivity index (χ0v) is 12.2. The van der Waals surface area contributed by atoms with Crippen LogP contribution in [-0.4, -0.2) is 5.91 Å². The van der Waals surface area contributed by atoms with Crippen LogP contribution in [0.4, 0.5) is 11.4 Å². The fourth-order valence-electron chi connectivity index (χ4n) is 1.80. The van der Waals surface area contributed by atoms with Gasteiger partial charge in [-0.15, -0.1) is 0 Å². The van der Waals surface area contributed by atoms with Gasteiger partial charge in [0.1, 0.15) is 0 Å². The molecule has 0 unspecified atom stereocenters. The third-order valence-electron chi connectivity index (χ3n) is 2.71. The average molecular weight is 319 g/mol. The lowest BCUT2D eigenvalue weighted by atomic mass is 10.1. The minimum absolute atomic E-state index is 0.0600. The summed E-state index contributed by atoms with van der Waals surface area (Å²) in [5.74, 6) is -0.0600. The Hall–Kier alpha value is -1.81. The number of hydrogen-bond acceptors (Lipinski definition) is 2. The molecular formula is C15H15BrN2O. The van der Waals surface area contributed by atoms with Gasteiger partial charge < -0.3 is 11.1 Å². The molecule has 2 rings (SSSR count). The summed E-state index contributed by atoms with van der Waals surface area (Å²) >= 11 is 3.44. The normalized spacial score (nSPS) is 10.2. The molecule has 0 saturated heterocycles. The summed E-state index contributed by atoms with van der Waals surface area (Å²) in [4.78, 5) is 12.0. The first-order chi connectivity index (χ1) is 9.04. The quantitative estimate of drug-likeness (QED) is 0.851. The van der Waals surface area contributed by atoms with Crippen molar-refractivity contribution in [3.05, 3.63) is 58.1 Å². The van der Waals surface area contributed by atoms with E-state index in [1.807, 2.05) is 43.3 Å². The first-order valence-corrected chi connectivity index (χ1v) is 6.74. The molecule has 4 heteroatoms. The Balaban J connectivity index is 2.05. The van der Waals surface area contributed by atoms with Crippen molar-refractivity contribution in [1.29, 1.82) is 0 Å². The van der Waals surface area contributed by atoms with E-state index in [2.05, 4.69) is 21.2 Å². The van der Waals surface area contributed by atoms with Crippen molar-refractivity contribution in [3.8, 4) is 0 Å². The van der Waals surface area contributed by atoms with Gasteiger partial charge in [-0.2, -0.15) is 0 Å². The van der Waals surface area contributed by atoms with E-state index in [4.69, 9.17) is 5.73 Å². The highest BCUT2D eigenvalue weighted by atomic mass is 79.9. The van der Waals surface area contributed by atoms with Crippen LogP contribution in [0.1, 0.15) is 11.1 Å². The Morgan fingerprint density at radius 2 is 2.05 bits per heavy atom. The smallest absolute Gasteiger partial charge is 0.228 e. The number of nitrogen functional groups attached to an aromatic ring is 1. The molecule has 2 aromatic rings. The Bertz CT molecular complexity index is 611. The van der Waals surface area contributed by atoms with Crippen LogP contribution < -0.4 is 11.1 Å². The molecule has 1 amide bonds. The van der Waals surface area contributed by atoms with Crippen LogP contribution in [0.5, 0.6) is 0 Å². The van der Waals surface area contributed by atoms with Gasteiger partial charge in [-0.25, -0.2) is 0 Å². The van der Waals surface area contributed by atoms with E-state index in [1.165, 1.54) is 0 Å². The lowest BCUT2D eigenvalue weighted by Gasteiger charge is -2.08. The van der Waals surface area contributed by atoms with E-state index in [-0.39, 0.29) is 5.91 Å². The Morgan fingerprint density at radius 1 is 1.26 bits per heavy atom. The molecule has 0 spiro atoms. The summed E-state index contributed by atoms with van der Waals surface area (Å²) in [5, 5.41) is 2.88. The summed E-state index contributed by atoms with van der Waals surface area (Å²) in [6.07, 6.45) is 0.311. The SMILES string of the molecule is Cc1ccc(NC(=O)Cc2cccc(N)c2)c(Br)c1. The van der Waals surface area contributed by atoms with E-state index >= 15 is 0 Å². The predicted molar refractivity (Wildman–Crippen MR) is 82.1 cm³/mol. The van der Waals surface area contributed by atoms with Crippen molar-refractivity contribution in [2.45, 2.75) is 13.3 Å². The fourth-order valence-corrected chi connectivity index (χ4v) is 2.40. The highest BCUT2D eigenvalue weighted by Gasteiger charge is 2.07. The Morgan fingerprint density at radius 3 is 2.74 bits per heavy atom. The van der Waals surface area contributed by atoms with Gasteiger partial charge in [0, 0.05) is 10.2 Å². The monoisotopic (exact) mass is 318 g/mol. The highest BCUT2D eigenvalue weighted by Crippen LogP contribution is 2.23. The van der Waals surface area contributed by atoms with E-state index in [0.717, 1.165) is 21.3 Å². The molecule has 0 atom stereocenters. The summed E-state index contributed by atoms with van der Waals surface area (Å²) in [7, 11) is 0. The fraction of sp³-hybridized carbons (Fsp3) is 0.133.